The molecule has 2 amide bonds. The summed E-state index contributed by atoms with van der Waals surface area (Å²) in [7, 11) is 23.8. The summed E-state index contributed by atoms with van der Waals surface area (Å²) in [6.45, 7) is 0.608. The van der Waals surface area contributed by atoms with Crippen molar-refractivity contribution in [1.29, 1.82) is 0 Å². The maximum Gasteiger partial charge on any atom is 0.320 e. The van der Waals surface area contributed by atoms with Gasteiger partial charge in [-0.2, -0.15) is 5.10 Å². The van der Waals surface area contributed by atoms with Gasteiger partial charge in [0.25, 0.3) is 0 Å². The molecule has 14 heteroatoms. The number of nitrogens with zero attached hydrogens (tertiary/aromatic N) is 5. The molecule has 36 heavy (non-hydrogen) atoms. The molecule has 2 saturated heterocycles. The number of carbonyl (C=O) groups excluding carboxylic acids is 1. The number of benzene rings is 1. The minimum atomic E-state index is -1.99. The Kier molecular flexibility index (Phi) is 4.88. The number of carbonyl (C=O) groups is 1. The number of rotatable bonds is 3. The van der Waals surface area contributed by atoms with Crippen LogP contribution in [0.3, 0.4) is 0 Å². The Morgan fingerprint density at radius 3 is 2.64 bits per heavy atom. The van der Waals surface area contributed by atoms with Crippen molar-refractivity contribution in [2.24, 2.45) is 5.92 Å². The van der Waals surface area contributed by atoms with E-state index in [0.717, 1.165) is 23.5 Å². The zero-order valence-corrected chi connectivity index (χ0v) is 19.1. The van der Waals surface area contributed by atoms with E-state index >= 15 is 0 Å². The van der Waals surface area contributed by atoms with Crippen molar-refractivity contribution in [3.8, 4) is 0 Å². The van der Waals surface area contributed by atoms with Gasteiger partial charge in [0, 0.05) is 18.3 Å². The quantitative estimate of drug-likeness (QED) is 0.541. The molecule has 3 aromatic rings. The molecule has 8 radical (unpaired) electrons. The van der Waals surface area contributed by atoms with Gasteiger partial charge in [-0.25, -0.2) is 23.1 Å². The van der Waals surface area contributed by atoms with Crippen molar-refractivity contribution in [1.82, 2.24) is 19.5 Å². The average Bonchev–Trinajstić information content (AvgIpc) is 3.11. The van der Waals surface area contributed by atoms with Crippen LogP contribution in [0.5, 0.6) is 0 Å². The fourth-order valence-corrected chi connectivity index (χ4v) is 5.80. The van der Waals surface area contributed by atoms with Gasteiger partial charge in [-0.1, -0.05) is 0 Å². The lowest BCUT2D eigenvalue weighted by molar-refractivity contribution is 0.141. The molecular weight excluding hydrogens is 462 g/mol. The van der Waals surface area contributed by atoms with E-state index in [1.807, 2.05) is 4.90 Å². The number of hydrogen-bond acceptors (Lipinski definition) is 5. The van der Waals surface area contributed by atoms with Gasteiger partial charge in [0.1, 0.15) is 23.1 Å². The lowest BCUT2D eigenvalue weighted by Gasteiger charge is -2.42. The molecule has 1 saturated carbocycles. The second kappa shape index (κ2) is 7.50. The molecule has 2 aromatic heterocycles. The predicted octanol–water partition coefficient (Wildman–Crippen LogP) is 0.713. The van der Waals surface area contributed by atoms with Crippen LogP contribution in [-0.2, 0) is 5.54 Å². The minimum Gasteiger partial charge on any atom is -0.392 e. The van der Waals surface area contributed by atoms with Crippen molar-refractivity contribution >= 4 is 54.6 Å². The third-order valence-corrected chi connectivity index (χ3v) is 7.58. The third-order valence-electron chi connectivity index (χ3n) is 7.58. The van der Waals surface area contributed by atoms with E-state index < -0.39 is 40.0 Å². The molecular formula is C22H18B4F2N6O2. The Labute approximate surface area is 211 Å². The second-order valence-electron chi connectivity index (χ2n) is 9.87. The number of halogens is 2. The molecule has 3 fully saturated rings. The molecule has 2 aliphatic heterocycles. The van der Waals surface area contributed by atoms with Crippen molar-refractivity contribution in [3.63, 3.8) is 0 Å². The minimum absolute atomic E-state index is 0.182. The Morgan fingerprint density at radius 2 is 1.94 bits per heavy atom. The summed E-state index contributed by atoms with van der Waals surface area (Å²) in [6.07, 6.45) is 2.97. The Bertz CT molecular complexity index is 1400. The highest BCUT2D eigenvalue weighted by atomic mass is 19.1. The Hall–Kier alpha value is -3.01. The number of fused-ring (bicyclic) bond motifs is 2. The molecule has 0 bridgehead atoms. The first-order valence-electron chi connectivity index (χ1n) is 11.5. The zero-order chi connectivity index (χ0) is 25.6. The van der Waals surface area contributed by atoms with E-state index in [-0.39, 0.29) is 18.0 Å². The topological polar surface area (TPSA) is 86.0 Å². The van der Waals surface area contributed by atoms with Gasteiger partial charge in [0.05, 0.1) is 49.2 Å². The largest absolute Gasteiger partial charge is 0.392 e. The maximum absolute atomic E-state index is 14.8. The van der Waals surface area contributed by atoms with Gasteiger partial charge in [-0.3, -0.25) is 0 Å². The van der Waals surface area contributed by atoms with Crippen LogP contribution < -0.4 is 10.2 Å². The van der Waals surface area contributed by atoms with Crippen LogP contribution in [0, 0.1) is 17.6 Å². The molecule has 2 N–H and O–H groups in total. The number of aromatic nitrogens is 3. The summed E-state index contributed by atoms with van der Waals surface area (Å²) < 4.78 is 30.2. The zero-order valence-electron chi connectivity index (χ0n) is 19.1. The van der Waals surface area contributed by atoms with Crippen LogP contribution >= 0.6 is 0 Å². The van der Waals surface area contributed by atoms with E-state index in [2.05, 4.69) is 15.4 Å². The normalized spacial score (nSPS) is 27.9. The lowest BCUT2D eigenvalue weighted by Crippen LogP contribution is -2.61. The van der Waals surface area contributed by atoms with Crippen LogP contribution in [-0.4, -0.2) is 85.3 Å². The van der Waals surface area contributed by atoms with Crippen LogP contribution in [0.15, 0.2) is 36.7 Å². The first-order chi connectivity index (χ1) is 16.9. The summed E-state index contributed by atoms with van der Waals surface area (Å²) in [5.41, 5.74) is 0.140. The van der Waals surface area contributed by atoms with E-state index in [4.69, 9.17) is 31.4 Å². The summed E-state index contributed by atoms with van der Waals surface area (Å²) in [5.74, 6) is -0.253. The average molecular weight is 480 g/mol. The summed E-state index contributed by atoms with van der Waals surface area (Å²) in [4.78, 5) is 20.5. The van der Waals surface area contributed by atoms with Crippen molar-refractivity contribution in [2.75, 3.05) is 16.8 Å². The van der Waals surface area contributed by atoms with Gasteiger partial charge in [0.2, 0.25) is 0 Å². The van der Waals surface area contributed by atoms with E-state index in [1.54, 1.807) is 12.3 Å². The predicted molar refractivity (Wildman–Crippen MR) is 131 cm³/mol. The Balaban J connectivity index is 1.34. The summed E-state index contributed by atoms with van der Waals surface area (Å²) >= 11 is 0. The molecule has 174 valence electrons. The van der Waals surface area contributed by atoms with E-state index in [0.29, 0.717) is 30.0 Å². The number of anilines is 2. The monoisotopic (exact) mass is 480 g/mol. The fraction of sp³-hybridized carbons (Fsp3) is 0.409. The maximum atomic E-state index is 14.8. The molecule has 6 rings (SSSR count). The van der Waals surface area contributed by atoms with Crippen molar-refractivity contribution in [3.05, 3.63) is 53.9 Å². The summed E-state index contributed by atoms with van der Waals surface area (Å²) in [5, 5.41) is 13.2. The standard InChI is InChI=1S/C22H18B4F2N6O2/c23-21(24)9-16(35)22(25,26)34(21)19(36)30-15-10-29-33-6-4-17(31-18(15)33)32-5-3-11-8-20(11,32)13-7-12(27)1-2-14(13)28/h1-2,4,6-7,10-11,16,35H,3,5,8-9H2,(H,30,36)/t11-,16-,20+/m0/s1. The summed E-state index contributed by atoms with van der Waals surface area (Å²) in [6, 6.07) is 4.39. The van der Waals surface area contributed by atoms with Gasteiger partial charge in [-0.05, 0) is 60.1 Å². The van der Waals surface area contributed by atoms with Crippen LogP contribution in [0.25, 0.3) is 5.65 Å². The highest BCUT2D eigenvalue weighted by Gasteiger charge is 2.64. The Morgan fingerprint density at radius 1 is 1.17 bits per heavy atom. The highest BCUT2D eigenvalue weighted by Crippen LogP contribution is 2.63. The smallest absolute Gasteiger partial charge is 0.320 e. The number of nitrogens with one attached hydrogen (secondary N) is 1. The first kappa shape index (κ1) is 23.4. The van der Waals surface area contributed by atoms with Gasteiger partial charge in [-0.15, -0.1) is 0 Å². The highest BCUT2D eigenvalue weighted by molar-refractivity contribution is 6.47. The molecule has 1 aromatic carbocycles. The molecule has 3 aliphatic rings. The van der Waals surface area contributed by atoms with Crippen LogP contribution in [0.1, 0.15) is 24.8 Å². The van der Waals surface area contributed by atoms with E-state index in [9.17, 15) is 18.7 Å². The van der Waals surface area contributed by atoms with E-state index in [1.165, 1.54) is 16.8 Å². The number of amides is 2. The van der Waals surface area contributed by atoms with Gasteiger partial charge < -0.3 is 20.2 Å². The number of piperidine rings is 1. The molecule has 0 spiro atoms. The van der Waals surface area contributed by atoms with Gasteiger partial charge >= 0.3 is 6.03 Å². The SMILES string of the molecule is [B]C1([B])C[C@H](O)C([B])([B])N1C(=O)Nc1cnn2ccc(N3CC[C@H]4C[C@]43c3cc(F)ccc3F)nc12. The molecule has 0 unspecified atom stereocenters. The van der Waals surface area contributed by atoms with Crippen molar-refractivity contribution < 1.29 is 18.7 Å². The third kappa shape index (κ3) is 3.22. The number of aliphatic hydroxyl groups is 1. The number of urea groups is 1. The van der Waals surface area contributed by atoms with Gasteiger partial charge in [0.15, 0.2) is 5.65 Å². The lowest BCUT2D eigenvalue weighted by atomic mass is 9.58. The fourth-order valence-electron chi connectivity index (χ4n) is 5.80. The molecule has 1 aliphatic carbocycles. The number of hydrogen-bond donors (Lipinski definition) is 2. The molecule has 3 atom stereocenters. The second-order valence-corrected chi connectivity index (χ2v) is 9.87. The number of likely N-dealkylation sites (tertiary alicyclic amines) is 1. The molecule has 4 heterocycles. The van der Waals surface area contributed by atoms with Crippen LogP contribution in [0.2, 0.25) is 0 Å². The van der Waals surface area contributed by atoms with Crippen molar-refractivity contribution in [2.45, 2.75) is 41.6 Å². The molecule has 8 nitrogen and oxygen atoms in total. The first-order valence-corrected chi connectivity index (χ1v) is 11.5. The van der Waals surface area contributed by atoms with Crippen LogP contribution in [0.4, 0.5) is 25.1 Å². The number of aliphatic hydroxyl groups excluding tert-OH is 1.